The quantitative estimate of drug-likeness (QED) is 0.343. The van der Waals surface area contributed by atoms with Crippen LogP contribution in [-0.4, -0.2) is 51.3 Å². The number of rotatable bonds is 4. The third-order valence-corrected chi connectivity index (χ3v) is 8.14. The SMILES string of the molecule is Nc1nc2c(-c3c(C(F)(F)F)cc4c(=O)[nH]c(OC[C@@]56CCCN5C[C@H](F)C6)nc4c3F)ccc(F)c2s1. The van der Waals surface area contributed by atoms with Crippen LogP contribution in [0.4, 0.5) is 31.5 Å². The summed E-state index contributed by atoms with van der Waals surface area (Å²) in [6.45, 7) is 0.918. The Hall–Kier alpha value is -3.39. The van der Waals surface area contributed by atoms with Crippen molar-refractivity contribution in [2.45, 2.75) is 37.1 Å². The van der Waals surface area contributed by atoms with Crippen LogP contribution in [0.25, 0.3) is 32.2 Å². The Kier molecular flexibility index (Phi) is 5.61. The summed E-state index contributed by atoms with van der Waals surface area (Å²) in [6, 6.07) is 1.96. The molecule has 2 aromatic heterocycles. The second kappa shape index (κ2) is 8.56. The number of H-pyrrole nitrogens is 1. The summed E-state index contributed by atoms with van der Waals surface area (Å²) in [7, 11) is 0. The smallest absolute Gasteiger partial charge is 0.417 e. The molecule has 38 heavy (non-hydrogen) atoms. The highest BCUT2D eigenvalue weighted by Gasteiger charge is 2.49. The maximum absolute atomic E-state index is 16.0. The number of hydrogen-bond donors (Lipinski definition) is 2. The summed E-state index contributed by atoms with van der Waals surface area (Å²) in [6.07, 6.45) is -4.38. The third kappa shape index (κ3) is 3.88. The number of nitrogen functional groups attached to an aromatic ring is 1. The van der Waals surface area contributed by atoms with Crippen LogP contribution in [0.5, 0.6) is 6.01 Å². The lowest BCUT2D eigenvalue weighted by Gasteiger charge is -2.30. The van der Waals surface area contributed by atoms with Gasteiger partial charge in [0.2, 0.25) is 0 Å². The van der Waals surface area contributed by atoms with Gasteiger partial charge in [0.05, 0.1) is 26.7 Å². The molecule has 2 aliphatic heterocycles. The van der Waals surface area contributed by atoms with Gasteiger partial charge in [-0.05, 0) is 37.6 Å². The molecular formula is C24H19F6N5O2S. The normalized spacial score (nSPS) is 22.0. The van der Waals surface area contributed by atoms with Crippen LogP contribution in [-0.2, 0) is 6.18 Å². The highest BCUT2D eigenvalue weighted by atomic mass is 32.1. The van der Waals surface area contributed by atoms with Gasteiger partial charge >= 0.3 is 6.18 Å². The number of nitrogens with one attached hydrogen (secondary N) is 1. The molecule has 0 radical (unpaired) electrons. The van der Waals surface area contributed by atoms with E-state index in [-0.39, 0.29) is 40.5 Å². The molecule has 2 saturated heterocycles. The van der Waals surface area contributed by atoms with Crippen molar-refractivity contribution in [1.82, 2.24) is 19.9 Å². The number of nitrogens with two attached hydrogens (primary N) is 1. The number of anilines is 1. The minimum Gasteiger partial charge on any atom is -0.463 e. The fraction of sp³-hybridized carbons (Fsp3) is 0.375. The molecule has 2 fully saturated rings. The number of ether oxygens (including phenoxy) is 1. The van der Waals surface area contributed by atoms with E-state index in [9.17, 15) is 26.7 Å². The zero-order valence-corrected chi connectivity index (χ0v) is 20.3. The molecule has 2 aromatic carbocycles. The summed E-state index contributed by atoms with van der Waals surface area (Å²) in [5, 5.41) is -0.762. The van der Waals surface area contributed by atoms with Gasteiger partial charge in [-0.15, -0.1) is 0 Å². The molecule has 3 N–H and O–H groups in total. The van der Waals surface area contributed by atoms with E-state index in [1.807, 2.05) is 4.90 Å². The van der Waals surface area contributed by atoms with E-state index in [2.05, 4.69) is 15.0 Å². The van der Waals surface area contributed by atoms with Gasteiger partial charge in [0.1, 0.15) is 24.1 Å². The van der Waals surface area contributed by atoms with Gasteiger partial charge in [0, 0.05) is 24.1 Å². The van der Waals surface area contributed by atoms with Crippen LogP contribution < -0.4 is 16.0 Å². The van der Waals surface area contributed by atoms with E-state index < -0.39 is 63.1 Å². The monoisotopic (exact) mass is 555 g/mol. The Balaban J connectivity index is 1.50. The molecular weight excluding hydrogens is 536 g/mol. The minimum absolute atomic E-state index is 0.0341. The van der Waals surface area contributed by atoms with E-state index in [1.165, 1.54) is 0 Å². The zero-order valence-electron chi connectivity index (χ0n) is 19.5. The van der Waals surface area contributed by atoms with Crippen molar-refractivity contribution in [2.75, 3.05) is 25.4 Å². The predicted octanol–water partition coefficient (Wildman–Crippen LogP) is 5.03. The van der Waals surface area contributed by atoms with E-state index >= 15 is 4.39 Å². The minimum atomic E-state index is -5.08. The Labute approximate surface area is 214 Å². The first-order valence-electron chi connectivity index (χ1n) is 11.7. The summed E-state index contributed by atoms with van der Waals surface area (Å²) in [5.74, 6) is -2.23. The maximum atomic E-state index is 16.0. The van der Waals surface area contributed by atoms with Crippen LogP contribution >= 0.6 is 11.3 Å². The van der Waals surface area contributed by atoms with Gasteiger partial charge in [0.25, 0.3) is 11.6 Å². The second-order valence-corrected chi connectivity index (χ2v) is 10.6. The van der Waals surface area contributed by atoms with Gasteiger partial charge in [-0.25, -0.2) is 18.2 Å². The molecule has 14 heteroatoms. The molecule has 0 aliphatic carbocycles. The largest absolute Gasteiger partial charge is 0.463 e. The standard InChI is InChI=1S/C24H19F6N5O2S/c25-10-7-23(4-1-5-35(23)8-10)9-37-22-33-17-12(20(36)34-22)6-13(24(28,29)30)15(16(17)27)11-2-3-14(26)19-18(11)32-21(31)38-19/h2-3,6,10H,1,4-5,7-9H2,(H2,31,32)(H,33,34,36)/t10-,23+/m1/s1. The molecule has 0 spiro atoms. The average molecular weight is 556 g/mol. The van der Waals surface area contributed by atoms with Crippen LogP contribution in [0.15, 0.2) is 23.0 Å². The summed E-state index contributed by atoms with van der Waals surface area (Å²) in [4.78, 5) is 24.9. The van der Waals surface area contributed by atoms with Gasteiger partial charge < -0.3 is 10.5 Å². The van der Waals surface area contributed by atoms with Crippen LogP contribution in [0.1, 0.15) is 24.8 Å². The number of aromatic amines is 1. The molecule has 4 heterocycles. The number of aromatic nitrogens is 3. The van der Waals surface area contributed by atoms with Gasteiger partial charge in [0.15, 0.2) is 10.9 Å². The average Bonchev–Trinajstić information content (AvgIpc) is 3.50. The molecule has 0 amide bonds. The molecule has 0 bridgehead atoms. The summed E-state index contributed by atoms with van der Waals surface area (Å²) >= 11 is 0.708. The Morgan fingerprint density at radius 3 is 2.79 bits per heavy atom. The van der Waals surface area contributed by atoms with Gasteiger partial charge in [-0.1, -0.05) is 11.3 Å². The fourth-order valence-corrected chi connectivity index (χ4v) is 6.38. The number of hydrogen-bond acceptors (Lipinski definition) is 7. The number of thiazole rings is 1. The number of alkyl halides is 4. The lowest BCUT2D eigenvalue weighted by molar-refractivity contribution is -0.137. The molecule has 7 nitrogen and oxygen atoms in total. The molecule has 0 unspecified atom stereocenters. The fourth-order valence-electron chi connectivity index (χ4n) is 5.62. The van der Waals surface area contributed by atoms with Crippen LogP contribution in [0, 0.1) is 11.6 Å². The molecule has 0 saturated carbocycles. The topological polar surface area (TPSA) is 97.1 Å². The number of benzene rings is 2. The highest BCUT2D eigenvalue weighted by Crippen LogP contribution is 2.44. The lowest BCUT2D eigenvalue weighted by atomic mass is 9.95. The van der Waals surface area contributed by atoms with E-state index in [0.29, 0.717) is 30.4 Å². The lowest BCUT2D eigenvalue weighted by Crippen LogP contribution is -2.43. The molecule has 4 aromatic rings. The van der Waals surface area contributed by atoms with Gasteiger partial charge in [-0.3, -0.25) is 14.7 Å². The van der Waals surface area contributed by atoms with Crippen molar-refractivity contribution in [3.05, 3.63) is 45.8 Å². The van der Waals surface area contributed by atoms with Gasteiger partial charge in [-0.2, -0.15) is 18.2 Å². The van der Waals surface area contributed by atoms with Crippen molar-refractivity contribution in [2.24, 2.45) is 0 Å². The molecule has 200 valence electrons. The first-order valence-corrected chi connectivity index (χ1v) is 12.5. The number of fused-ring (bicyclic) bond motifs is 3. The molecule has 2 aliphatic rings. The zero-order chi connectivity index (χ0) is 27.0. The van der Waals surface area contributed by atoms with E-state index in [0.717, 1.165) is 18.6 Å². The van der Waals surface area contributed by atoms with Crippen LogP contribution in [0.2, 0.25) is 0 Å². The Morgan fingerprint density at radius 2 is 2.03 bits per heavy atom. The molecule has 2 atom stereocenters. The highest BCUT2D eigenvalue weighted by molar-refractivity contribution is 7.22. The van der Waals surface area contributed by atoms with Crippen molar-refractivity contribution in [3.63, 3.8) is 0 Å². The van der Waals surface area contributed by atoms with Crippen molar-refractivity contribution < 1.29 is 31.1 Å². The Morgan fingerprint density at radius 1 is 1.24 bits per heavy atom. The number of halogens is 6. The predicted molar refractivity (Wildman–Crippen MR) is 129 cm³/mol. The van der Waals surface area contributed by atoms with Crippen LogP contribution in [0.3, 0.4) is 0 Å². The molecule has 6 rings (SSSR count). The first kappa shape index (κ1) is 24.9. The summed E-state index contributed by atoms with van der Waals surface area (Å²) < 4.78 is 92.2. The van der Waals surface area contributed by atoms with Crippen molar-refractivity contribution in [3.8, 4) is 17.1 Å². The van der Waals surface area contributed by atoms with Crippen molar-refractivity contribution >= 4 is 37.6 Å². The number of nitrogens with zero attached hydrogens (tertiary/aromatic N) is 3. The third-order valence-electron chi connectivity index (χ3n) is 7.24. The van der Waals surface area contributed by atoms with Crippen molar-refractivity contribution in [1.29, 1.82) is 0 Å². The first-order chi connectivity index (χ1) is 18.0. The van der Waals surface area contributed by atoms with E-state index in [4.69, 9.17) is 10.5 Å². The summed E-state index contributed by atoms with van der Waals surface area (Å²) in [5.41, 5.74) is 0.345. The maximum Gasteiger partial charge on any atom is 0.417 e. The van der Waals surface area contributed by atoms with E-state index in [1.54, 1.807) is 0 Å². The Bertz CT molecular complexity index is 1650. The second-order valence-electron chi connectivity index (χ2n) is 9.57.